The molecule has 1 aromatic carbocycles. The summed E-state index contributed by atoms with van der Waals surface area (Å²) in [5.74, 6) is 0. The van der Waals surface area contributed by atoms with Gasteiger partial charge in [0.25, 0.3) is 10.0 Å². The van der Waals surface area contributed by atoms with Crippen LogP contribution in [0.4, 0.5) is 0 Å². The van der Waals surface area contributed by atoms with Crippen LogP contribution in [0.25, 0.3) is 22.2 Å². The molecule has 0 spiro atoms. The van der Waals surface area contributed by atoms with Crippen molar-refractivity contribution in [3.8, 4) is 11.1 Å². The fraction of sp³-hybridized carbons (Fsp3) is 0.385. The molecule has 1 saturated heterocycles. The Labute approximate surface area is 222 Å². The fourth-order valence-corrected chi connectivity index (χ4v) is 5.73. The van der Waals surface area contributed by atoms with Gasteiger partial charge >= 0.3 is 7.12 Å². The van der Waals surface area contributed by atoms with E-state index < -0.39 is 34.4 Å². The maximum absolute atomic E-state index is 13.6. The van der Waals surface area contributed by atoms with Gasteiger partial charge in [0.1, 0.15) is 0 Å². The van der Waals surface area contributed by atoms with Gasteiger partial charge in [-0.1, -0.05) is 18.2 Å². The fourth-order valence-electron chi connectivity index (χ4n) is 4.38. The third-order valence-electron chi connectivity index (χ3n) is 7.17. The number of nitrogens with zero attached hydrogens (tertiary/aromatic N) is 4. The molecular formula is C26H31BN4O6S. The van der Waals surface area contributed by atoms with Crippen LogP contribution in [0, 0.1) is 0 Å². The molecule has 1 atom stereocenters. The first-order chi connectivity index (χ1) is 17.9. The Morgan fingerprint density at radius 3 is 2.39 bits per heavy atom. The van der Waals surface area contributed by atoms with Crippen molar-refractivity contribution in [1.82, 2.24) is 18.7 Å². The maximum atomic E-state index is 13.6. The van der Waals surface area contributed by atoms with Gasteiger partial charge < -0.3 is 19.2 Å². The molecule has 5 rings (SSSR count). The zero-order valence-electron chi connectivity index (χ0n) is 22.0. The number of hydrogen-bond donors (Lipinski definition) is 1. The minimum absolute atomic E-state index is 0.152. The van der Waals surface area contributed by atoms with E-state index in [0.717, 1.165) is 11.1 Å². The summed E-state index contributed by atoms with van der Waals surface area (Å²) in [6.45, 7) is 8.26. The summed E-state index contributed by atoms with van der Waals surface area (Å²) in [6, 6.07) is 10.1. The number of fused-ring (bicyclic) bond motifs is 1. The van der Waals surface area contributed by atoms with Gasteiger partial charge in [-0.25, -0.2) is 17.4 Å². The van der Waals surface area contributed by atoms with Crippen LogP contribution < -0.4 is 5.46 Å². The lowest BCUT2D eigenvalue weighted by atomic mass is 9.79. The molecule has 200 valence electrons. The Morgan fingerprint density at radius 2 is 1.74 bits per heavy atom. The van der Waals surface area contributed by atoms with Crippen molar-refractivity contribution in [1.29, 1.82) is 0 Å². The third kappa shape index (κ3) is 4.67. The number of hydrogen-bond acceptors (Lipinski definition) is 8. The summed E-state index contributed by atoms with van der Waals surface area (Å²) >= 11 is 0. The second kappa shape index (κ2) is 9.62. The van der Waals surface area contributed by atoms with Crippen LogP contribution in [0.15, 0.2) is 66.1 Å². The van der Waals surface area contributed by atoms with E-state index >= 15 is 0 Å². The van der Waals surface area contributed by atoms with E-state index in [0.29, 0.717) is 10.8 Å². The molecule has 3 aromatic heterocycles. The minimum Gasteiger partial charge on any atom is -0.399 e. The Hall–Kier alpha value is -3.03. The molecule has 1 aliphatic rings. The number of ether oxygens (including phenoxy) is 1. The van der Waals surface area contributed by atoms with Crippen molar-refractivity contribution in [2.75, 3.05) is 13.7 Å². The Bertz CT molecular complexity index is 1550. The quantitative estimate of drug-likeness (QED) is 0.340. The van der Waals surface area contributed by atoms with Gasteiger partial charge in [-0.3, -0.25) is 4.68 Å². The predicted octanol–water partition coefficient (Wildman–Crippen LogP) is 2.44. The number of pyridine rings is 1. The summed E-state index contributed by atoms with van der Waals surface area (Å²) in [4.78, 5) is 4.73. The highest BCUT2D eigenvalue weighted by Crippen LogP contribution is 2.37. The van der Waals surface area contributed by atoms with E-state index in [1.165, 1.54) is 17.3 Å². The topological polar surface area (TPSA) is 118 Å². The highest BCUT2D eigenvalue weighted by molar-refractivity contribution is 7.90. The van der Waals surface area contributed by atoms with Gasteiger partial charge in [0.05, 0.1) is 41.6 Å². The van der Waals surface area contributed by atoms with Crippen molar-refractivity contribution in [2.45, 2.75) is 56.4 Å². The number of aliphatic hydroxyl groups excluding tert-OH is 1. The Kier molecular flexibility index (Phi) is 6.73. The number of benzene rings is 1. The number of methoxy groups -OCH3 is 1. The first-order valence-corrected chi connectivity index (χ1v) is 13.7. The van der Waals surface area contributed by atoms with Gasteiger partial charge in [0, 0.05) is 47.7 Å². The third-order valence-corrected chi connectivity index (χ3v) is 8.84. The van der Waals surface area contributed by atoms with Crippen LogP contribution in [0.2, 0.25) is 0 Å². The second-order valence-corrected chi connectivity index (χ2v) is 12.3. The average Bonchev–Trinajstić information content (AvgIpc) is 3.53. The number of aliphatic hydroxyl groups is 1. The highest BCUT2D eigenvalue weighted by Gasteiger charge is 2.52. The predicted molar refractivity (Wildman–Crippen MR) is 144 cm³/mol. The van der Waals surface area contributed by atoms with Gasteiger partial charge in [-0.05, 0) is 45.9 Å². The van der Waals surface area contributed by atoms with Crippen LogP contribution in [0.1, 0.15) is 27.7 Å². The summed E-state index contributed by atoms with van der Waals surface area (Å²) in [7, 11) is -3.20. The van der Waals surface area contributed by atoms with E-state index in [4.69, 9.17) is 14.0 Å². The molecule has 0 aliphatic carbocycles. The smallest absolute Gasteiger partial charge is 0.399 e. The van der Waals surface area contributed by atoms with Crippen molar-refractivity contribution in [3.05, 3.63) is 61.2 Å². The summed E-state index contributed by atoms with van der Waals surface area (Å²) in [6.07, 6.45) is 5.93. The molecule has 0 radical (unpaired) electrons. The minimum atomic E-state index is -3.94. The summed E-state index contributed by atoms with van der Waals surface area (Å²) in [5, 5.41) is 15.0. The molecule has 0 bridgehead atoms. The second-order valence-electron chi connectivity index (χ2n) is 10.4. The molecule has 1 fully saturated rings. The first-order valence-electron chi connectivity index (χ1n) is 12.3. The van der Waals surface area contributed by atoms with Gasteiger partial charge in [-0.2, -0.15) is 5.10 Å². The molecule has 10 nitrogen and oxygen atoms in total. The lowest BCUT2D eigenvalue weighted by Crippen LogP contribution is -2.41. The lowest BCUT2D eigenvalue weighted by Gasteiger charge is -2.32. The molecule has 0 saturated carbocycles. The summed E-state index contributed by atoms with van der Waals surface area (Å²) in [5.41, 5.74) is 1.11. The van der Waals surface area contributed by atoms with E-state index in [2.05, 4.69) is 10.1 Å². The van der Waals surface area contributed by atoms with E-state index in [1.807, 2.05) is 33.8 Å². The van der Waals surface area contributed by atoms with Gasteiger partial charge in [0.2, 0.25) is 0 Å². The average molecular weight is 538 g/mol. The molecule has 38 heavy (non-hydrogen) atoms. The Balaban J connectivity index is 1.62. The van der Waals surface area contributed by atoms with Crippen molar-refractivity contribution < 1.29 is 27.6 Å². The molecular weight excluding hydrogens is 507 g/mol. The summed E-state index contributed by atoms with van der Waals surface area (Å²) < 4.78 is 47.7. The lowest BCUT2D eigenvalue weighted by molar-refractivity contribution is 0.00578. The molecule has 12 heteroatoms. The van der Waals surface area contributed by atoms with Gasteiger partial charge in [0.15, 0.2) is 5.65 Å². The highest BCUT2D eigenvalue weighted by atomic mass is 32.2. The van der Waals surface area contributed by atoms with E-state index in [9.17, 15) is 13.5 Å². The van der Waals surface area contributed by atoms with Gasteiger partial charge in [-0.15, -0.1) is 0 Å². The van der Waals surface area contributed by atoms with Crippen molar-refractivity contribution >= 4 is 33.6 Å². The van der Waals surface area contributed by atoms with Crippen molar-refractivity contribution in [3.63, 3.8) is 0 Å². The maximum Gasteiger partial charge on any atom is 0.497 e. The molecule has 0 amide bonds. The Morgan fingerprint density at radius 1 is 1.05 bits per heavy atom. The first kappa shape index (κ1) is 26.6. The van der Waals surface area contributed by atoms with Crippen LogP contribution in [0.3, 0.4) is 0 Å². The largest absolute Gasteiger partial charge is 0.497 e. The number of aromatic nitrogens is 4. The normalized spacial score (nSPS) is 17.8. The molecule has 4 heterocycles. The monoisotopic (exact) mass is 538 g/mol. The zero-order chi connectivity index (χ0) is 27.3. The van der Waals surface area contributed by atoms with Crippen LogP contribution in [-0.2, 0) is 30.6 Å². The molecule has 1 unspecified atom stereocenters. The van der Waals surface area contributed by atoms with E-state index in [1.54, 1.807) is 53.6 Å². The van der Waals surface area contributed by atoms with Crippen LogP contribution >= 0.6 is 0 Å². The van der Waals surface area contributed by atoms with Crippen molar-refractivity contribution in [2.24, 2.45) is 0 Å². The molecule has 1 N–H and O–H groups in total. The molecule has 1 aliphatic heterocycles. The van der Waals surface area contributed by atoms with E-state index in [-0.39, 0.29) is 23.7 Å². The van der Waals surface area contributed by atoms with Crippen LogP contribution in [0.5, 0.6) is 0 Å². The molecule has 4 aromatic rings. The van der Waals surface area contributed by atoms with Crippen LogP contribution in [-0.4, -0.2) is 70.4 Å². The SMILES string of the molecule is COCC(O)Cn1cc(-c2cnc3c(c2)c(B2OC(C)(C)C(C)(C)O2)cn3S(=O)(=O)c2ccccc2)cn1. The number of rotatable bonds is 8. The standard InChI is InChI=1S/C26H31BN4O6S/c1-25(2)26(3,4)37-27(36-25)23-16-31(38(33,34)21-9-7-6-8-10-21)24-22(23)11-18(12-28-24)19-13-29-30(14-19)15-20(32)17-35-5/h6-14,16,20,32H,15,17H2,1-5H3. The zero-order valence-corrected chi connectivity index (χ0v) is 22.8.